The molecule has 1 aromatic heterocycles. The molecule has 0 radical (unpaired) electrons. The van der Waals surface area contributed by atoms with Gasteiger partial charge in [0.15, 0.2) is 0 Å². The number of amides is 1. The third kappa shape index (κ3) is 5.28. The molecule has 7 heteroatoms. The summed E-state index contributed by atoms with van der Waals surface area (Å²) in [5.74, 6) is 0.132. The van der Waals surface area contributed by atoms with Crippen molar-refractivity contribution in [1.29, 1.82) is 0 Å². The highest BCUT2D eigenvalue weighted by molar-refractivity contribution is 9.10. The van der Waals surface area contributed by atoms with E-state index in [9.17, 15) is 4.79 Å². The topological polar surface area (TPSA) is 46.4 Å². The molecular weight excluding hydrogens is 458 g/mol. The molecule has 144 valence electrons. The zero-order valence-electron chi connectivity index (χ0n) is 15.4. The molecule has 1 N–H and O–H groups in total. The number of hydrogen-bond acceptors (Lipinski definition) is 3. The molecule has 0 atom stereocenters. The van der Waals surface area contributed by atoms with Crippen LogP contribution in [0.25, 0.3) is 5.69 Å². The van der Waals surface area contributed by atoms with Gasteiger partial charge in [0.25, 0.3) is 0 Å². The summed E-state index contributed by atoms with van der Waals surface area (Å²) in [6.45, 7) is 4.08. The van der Waals surface area contributed by atoms with Crippen molar-refractivity contribution < 1.29 is 4.79 Å². The lowest BCUT2D eigenvalue weighted by molar-refractivity contribution is -0.118. The first kappa shape index (κ1) is 20.7. The molecule has 0 fully saturated rings. The monoisotopic (exact) mass is 475 g/mol. The van der Waals surface area contributed by atoms with Crippen LogP contribution in [0.2, 0.25) is 5.02 Å². The second kappa shape index (κ2) is 9.45. The van der Waals surface area contributed by atoms with Crippen LogP contribution in [0.15, 0.2) is 69.1 Å². The van der Waals surface area contributed by atoms with Crippen molar-refractivity contribution in [3.05, 3.63) is 81.0 Å². The number of hydrogen-bond donors (Lipinski definition) is 1. The lowest BCUT2D eigenvalue weighted by Crippen LogP contribution is -2.19. The Hall–Kier alpha value is -2.02. The summed E-state index contributed by atoms with van der Waals surface area (Å²) in [5.41, 5.74) is 6.78. The maximum absolute atomic E-state index is 12.0. The second-order valence-corrected chi connectivity index (χ2v) is 8.58. The smallest absolute Gasteiger partial charge is 0.250 e. The van der Waals surface area contributed by atoms with Crippen LogP contribution in [0.4, 0.5) is 0 Å². The number of carbonyl (C=O) groups is 1. The molecule has 2 aromatic carbocycles. The summed E-state index contributed by atoms with van der Waals surface area (Å²) < 4.78 is 3.18. The third-order valence-electron chi connectivity index (χ3n) is 4.11. The molecule has 0 aliphatic rings. The van der Waals surface area contributed by atoms with Crippen LogP contribution in [-0.4, -0.2) is 22.4 Å². The lowest BCUT2D eigenvalue weighted by atomic mass is 10.2. The van der Waals surface area contributed by atoms with E-state index in [1.54, 1.807) is 18.3 Å². The Bertz CT molecular complexity index is 1010. The number of thioether (sulfide) groups is 1. The molecule has 28 heavy (non-hydrogen) atoms. The number of carbonyl (C=O) groups excluding carboxylic acids is 1. The summed E-state index contributed by atoms with van der Waals surface area (Å²) in [6, 6.07) is 17.6. The minimum Gasteiger partial charge on any atom is -0.318 e. The van der Waals surface area contributed by atoms with Crippen molar-refractivity contribution in [1.82, 2.24) is 9.99 Å². The maximum atomic E-state index is 12.0. The van der Waals surface area contributed by atoms with Gasteiger partial charge < -0.3 is 4.57 Å². The molecule has 0 unspecified atom stereocenters. The number of aryl methyl sites for hydroxylation is 1. The van der Waals surface area contributed by atoms with Crippen LogP contribution in [0.3, 0.4) is 0 Å². The molecule has 1 heterocycles. The number of nitrogens with zero attached hydrogens (tertiary/aromatic N) is 2. The molecule has 0 bridgehead atoms. The number of aromatic nitrogens is 1. The molecule has 0 aliphatic carbocycles. The van der Waals surface area contributed by atoms with Crippen LogP contribution in [0, 0.1) is 13.8 Å². The van der Waals surface area contributed by atoms with Gasteiger partial charge in [-0.1, -0.05) is 33.6 Å². The van der Waals surface area contributed by atoms with E-state index in [1.165, 1.54) is 11.8 Å². The van der Waals surface area contributed by atoms with E-state index in [2.05, 4.69) is 43.2 Å². The molecule has 0 saturated carbocycles. The van der Waals surface area contributed by atoms with E-state index in [1.807, 2.05) is 44.2 Å². The number of halogens is 2. The van der Waals surface area contributed by atoms with E-state index < -0.39 is 0 Å². The predicted octanol–water partition coefficient (Wildman–Crippen LogP) is 5.75. The SMILES string of the molecule is Cc1cc(/C=N\NC(=O)CSc2ccc(Cl)cc2)c(C)n1-c1cccc(Br)c1. The highest BCUT2D eigenvalue weighted by Gasteiger charge is 2.10. The van der Waals surface area contributed by atoms with Gasteiger partial charge in [0.2, 0.25) is 5.91 Å². The van der Waals surface area contributed by atoms with Crippen LogP contribution >= 0.6 is 39.3 Å². The molecule has 1 amide bonds. The molecule has 0 aliphatic heterocycles. The van der Waals surface area contributed by atoms with E-state index in [0.29, 0.717) is 5.02 Å². The lowest BCUT2D eigenvalue weighted by Gasteiger charge is -2.09. The molecule has 0 spiro atoms. The first-order valence-corrected chi connectivity index (χ1v) is 10.7. The Kier molecular flexibility index (Phi) is 6.99. The summed E-state index contributed by atoms with van der Waals surface area (Å²) in [5, 5.41) is 4.79. The average Bonchev–Trinajstić information content (AvgIpc) is 2.95. The van der Waals surface area contributed by atoms with Crippen molar-refractivity contribution in [3.8, 4) is 5.69 Å². The summed E-state index contributed by atoms with van der Waals surface area (Å²) in [7, 11) is 0. The highest BCUT2D eigenvalue weighted by atomic mass is 79.9. The number of benzene rings is 2. The van der Waals surface area contributed by atoms with Crippen LogP contribution in [0.5, 0.6) is 0 Å². The van der Waals surface area contributed by atoms with Gasteiger partial charge in [-0.05, 0) is 62.4 Å². The zero-order valence-corrected chi connectivity index (χ0v) is 18.6. The normalized spacial score (nSPS) is 11.1. The molecule has 3 rings (SSSR count). The van der Waals surface area contributed by atoms with E-state index >= 15 is 0 Å². The summed E-state index contributed by atoms with van der Waals surface area (Å²) >= 11 is 10.8. The van der Waals surface area contributed by atoms with Crippen molar-refractivity contribution in [3.63, 3.8) is 0 Å². The molecular formula is C21H19BrClN3OS. The Balaban J connectivity index is 1.62. The van der Waals surface area contributed by atoms with Crippen molar-refractivity contribution in [2.45, 2.75) is 18.7 Å². The van der Waals surface area contributed by atoms with Gasteiger partial charge in [-0.15, -0.1) is 11.8 Å². The number of rotatable bonds is 6. The Morgan fingerprint density at radius 3 is 2.68 bits per heavy atom. The fraction of sp³-hybridized carbons (Fsp3) is 0.143. The van der Waals surface area contributed by atoms with Gasteiger partial charge in [-0.25, -0.2) is 5.43 Å². The second-order valence-electron chi connectivity index (χ2n) is 6.18. The van der Waals surface area contributed by atoms with Crippen molar-refractivity contribution in [2.75, 3.05) is 5.75 Å². The predicted molar refractivity (Wildman–Crippen MR) is 121 cm³/mol. The first-order chi connectivity index (χ1) is 13.4. The largest absolute Gasteiger partial charge is 0.318 e. The summed E-state index contributed by atoms with van der Waals surface area (Å²) in [6.07, 6.45) is 1.68. The minimum atomic E-state index is -0.156. The Morgan fingerprint density at radius 2 is 1.96 bits per heavy atom. The Morgan fingerprint density at radius 1 is 1.21 bits per heavy atom. The van der Waals surface area contributed by atoms with Crippen LogP contribution in [0.1, 0.15) is 17.0 Å². The minimum absolute atomic E-state index is 0.156. The average molecular weight is 477 g/mol. The first-order valence-electron chi connectivity index (χ1n) is 8.59. The van der Waals surface area contributed by atoms with Gasteiger partial charge in [0.05, 0.1) is 12.0 Å². The van der Waals surface area contributed by atoms with Crippen molar-refractivity contribution in [2.24, 2.45) is 5.10 Å². The third-order valence-corrected chi connectivity index (χ3v) is 5.87. The number of hydrazone groups is 1. The fourth-order valence-electron chi connectivity index (χ4n) is 2.82. The van der Waals surface area contributed by atoms with E-state index in [-0.39, 0.29) is 11.7 Å². The van der Waals surface area contributed by atoms with Gasteiger partial charge in [0, 0.05) is 37.0 Å². The fourth-order valence-corrected chi connectivity index (χ4v) is 4.02. The quantitative estimate of drug-likeness (QED) is 0.280. The van der Waals surface area contributed by atoms with Crippen LogP contribution in [-0.2, 0) is 4.79 Å². The van der Waals surface area contributed by atoms with Gasteiger partial charge in [0.1, 0.15) is 0 Å². The zero-order chi connectivity index (χ0) is 20.1. The van der Waals surface area contributed by atoms with E-state index in [4.69, 9.17) is 11.6 Å². The van der Waals surface area contributed by atoms with Crippen molar-refractivity contribution >= 4 is 51.4 Å². The molecule has 4 nitrogen and oxygen atoms in total. The van der Waals surface area contributed by atoms with Crippen LogP contribution < -0.4 is 5.43 Å². The molecule has 3 aromatic rings. The van der Waals surface area contributed by atoms with Gasteiger partial charge >= 0.3 is 0 Å². The van der Waals surface area contributed by atoms with Gasteiger partial charge in [-0.3, -0.25) is 4.79 Å². The Labute approximate surface area is 182 Å². The standard InChI is InChI=1S/C21H19BrClN3OS/c1-14-10-16(15(2)26(14)19-5-3-4-17(22)11-19)12-24-25-21(27)13-28-20-8-6-18(23)7-9-20/h3-12H,13H2,1-2H3,(H,25,27)/b24-12-. The maximum Gasteiger partial charge on any atom is 0.250 e. The van der Waals surface area contributed by atoms with Gasteiger partial charge in [-0.2, -0.15) is 5.10 Å². The summed E-state index contributed by atoms with van der Waals surface area (Å²) in [4.78, 5) is 13.0. The number of nitrogens with one attached hydrogen (secondary N) is 1. The molecule has 0 saturated heterocycles. The highest BCUT2D eigenvalue weighted by Crippen LogP contribution is 2.22. The van der Waals surface area contributed by atoms with E-state index in [0.717, 1.165) is 32.0 Å².